The van der Waals surface area contributed by atoms with Gasteiger partial charge in [-0.25, -0.2) is 8.78 Å². The molecule has 0 saturated carbocycles. The molecular weight excluding hydrogens is 632 g/mol. The molecule has 2 saturated heterocycles. The van der Waals surface area contributed by atoms with E-state index in [1.807, 2.05) is 0 Å². The molecule has 3 atom stereocenters. The predicted octanol–water partition coefficient (Wildman–Crippen LogP) is 6.20. The summed E-state index contributed by atoms with van der Waals surface area (Å²) in [6, 6.07) is 5.40. The lowest BCUT2D eigenvalue weighted by atomic mass is 9.96. The van der Waals surface area contributed by atoms with Crippen LogP contribution in [0.1, 0.15) is 44.1 Å². The van der Waals surface area contributed by atoms with Crippen molar-refractivity contribution in [3.63, 3.8) is 0 Å². The van der Waals surface area contributed by atoms with Gasteiger partial charge in [0, 0.05) is 29.6 Å². The highest BCUT2D eigenvalue weighted by atomic mass is 35.5. The van der Waals surface area contributed by atoms with E-state index in [1.165, 1.54) is 12.1 Å². The van der Waals surface area contributed by atoms with E-state index >= 15 is 4.39 Å². The number of rotatable bonds is 2. The number of anilines is 2. The van der Waals surface area contributed by atoms with Crippen LogP contribution in [-0.2, 0) is 0 Å². The minimum absolute atomic E-state index is 0.0133. The summed E-state index contributed by atoms with van der Waals surface area (Å²) in [5.41, 5.74) is 6.43. The molecule has 2 N–H and O–H groups in total. The van der Waals surface area contributed by atoms with E-state index in [-0.39, 0.29) is 66.2 Å². The van der Waals surface area contributed by atoms with Crippen LogP contribution < -0.4 is 20.1 Å². The molecule has 4 aliphatic heterocycles. The lowest BCUT2D eigenvalue weighted by molar-refractivity contribution is 0.0847. The van der Waals surface area contributed by atoms with Gasteiger partial charge in [0.2, 0.25) is 0 Å². The quantitative estimate of drug-likeness (QED) is 0.268. The summed E-state index contributed by atoms with van der Waals surface area (Å²) in [6.07, 6.45) is 5.98. The van der Waals surface area contributed by atoms with Crippen molar-refractivity contribution in [2.45, 2.75) is 56.7 Å². The summed E-state index contributed by atoms with van der Waals surface area (Å²) in [7, 11) is 2.12. The second-order valence-corrected chi connectivity index (χ2v) is 14.2. The fraction of sp³-hybridized carbons (Fsp3) is 0.485. The Balaban J connectivity index is 1.38. The van der Waals surface area contributed by atoms with Gasteiger partial charge >= 0.3 is 6.01 Å². The van der Waals surface area contributed by atoms with Gasteiger partial charge in [-0.1, -0.05) is 17.7 Å². The molecule has 240 valence electrons. The van der Waals surface area contributed by atoms with Crippen molar-refractivity contribution in [2.24, 2.45) is 0 Å². The summed E-state index contributed by atoms with van der Waals surface area (Å²) >= 11 is 8.01. The third-order valence-electron chi connectivity index (χ3n) is 10.2. The maximum atomic E-state index is 17.2. The maximum absolute atomic E-state index is 17.2. The summed E-state index contributed by atoms with van der Waals surface area (Å²) in [5.74, 6) is -0.468. The first-order valence-electron chi connectivity index (χ1n) is 16.0. The van der Waals surface area contributed by atoms with Crippen LogP contribution in [0.4, 0.5) is 19.6 Å². The van der Waals surface area contributed by atoms with E-state index in [4.69, 9.17) is 36.8 Å². The number of ether oxygens (including phenoxy) is 2. The normalized spacial score (nSPS) is 23.9. The molecule has 2 fully saturated rings. The SMILES string of the molecule is CN1CCC[C@H]1C1CCCN2CCCC2CN2CCOc3c(Cl)c(-c4ccc(F)c5sc(N)c(C#N)c45)c(F)c4nc(nc2c34)O1. The summed E-state index contributed by atoms with van der Waals surface area (Å²) in [5, 5.41) is 10.7. The van der Waals surface area contributed by atoms with E-state index in [0.717, 1.165) is 69.5 Å². The minimum Gasteiger partial charge on any atom is -0.489 e. The van der Waals surface area contributed by atoms with E-state index < -0.39 is 11.6 Å². The first-order valence-corrected chi connectivity index (χ1v) is 17.2. The standard InChI is InChI=1S/C33H34ClF2N7O2S/c1-41-10-3-6-21(41)22-7-4-12-42-11-2-5-17(42)16-43-13-14-44-29-25-28(39-33(45-22)40-32(25)43)27(36)24(26(29)34)18-8-9-20(35)30-23(18)19(15-37)31(38)46-30/h8-9,17,21-22H,2-7,10-14,16,38H2,1H3/t17?,21-,22?/m0/s1. The lowest BCUT2D eigenvalue weighted by Gasteiger charge is -2.34. The molecule has 0 amide bonds. The van der Waals surface area contributed by atoms with Crippen LogP contribution in [0.25, 0.3) is 32.1 Å². The number of halogens is 3. The molecule has 46 heavy (non-hydrogen) atoms. The number of nitrogens with zero attached hydrogens (tertiary/aromatic N) is 6. The highest BCUT2D eigenvalue weighted by molar-refractivity contribution is 7.23. The Morgan fingerprint density at radius 3 is 2.65 bits per heavy atom. The molecule has 9 nitrogen and oxygen atoms in total. The van der Waals surface area contributed by atoms with Crippen molar-refractivity contribution < 1.29 is 18.3 Å². The van der Waals surface area contributed by atoms with Crippen molar-refractivity contribution in [1.29, 1.82) is 5.26 Å². The molecule has 2 bridgehead atoms. The van der Waals surface area contributed by atoms with E-state index in [1.54, 1.807) is 0 Å². The maximum Gasteiger partial charge on any atom is 0.319 e. The average molecular weight is 666 g/mol. The average Bonchev–Trinajstić information content (AvgIpc) is 3.73. The second kappa shape index (κ2) is 11.6. The molecule has 4 aromatic rings. The Morgan fingerprint density at radius 2 is 1.87 bits per heavy atom. The van der Waals surface area contributed by atoms with Crippen molar-refractivity contribution in [3.05, 3.63) is 34.4 Å². The molecule has 13 heteroatoms. The van der Waals surface area contributed by atoms with Crippen LogP contribution in [0, 0.1) is 23.0 Å². The Labute approximate surface area is 274 Å². The van der Waals surface area contributed by atoms with Gasteiger partial charge in [0.1, 0.15) is 40.9 Å². The predicted molar refractivity (Wildman–Crippen MR) is 176 cm³/mol. The van der Waals surface area contributed by atoms with Crippen molar-refractivity contribution in [2.75, 3.05) is 57.0 Å². The number of aromatic nitrogens is 2. The Kier molecular flexibility index (Phi) is 7.55. The number of nitrogens with two attached hydrogens (primary N) is 1. The number of hydrogen-bond acceptors (Lipinski definition) is 10. The number of fused-ring (bicyclic) bond motifs is 3. The molecule has 0 aliphatic carbocycles. The molecule has 2 aromatic carbocycles. The van der Waals surface area contributed by atoms with Crippen LogP contribution in [0.15, 0.2) is 12.1 Å². The number of benzene rings is 2. The first kappa shape index (κ1) is 29.9. The number of nitrogen functional groups attached to an aromatic ring is 1. The fourth-order valence-electron chi connectivity index (χ4n) is 7.96. The van der Waals surface area contributed by atoms with Crippen LogP contribution in [0.3, 0.4) is 0 Å². The van der Waals surface area contributed by atoms with Crippen LogP contribution in [-0.4, -0.2) is 84.3 Å². The third-order valence-corrected chi connectivity index (χ3v) is 11.6. The van der Waals surface area contributed by atoms with Gasteiger partial charge in [-0.15, -0.1) is 11.3 Å². The van der Waals surface area contributed by atoms with Crippen LogP contribution in [0.5, 0.6) is 11.8 Å². The van der Waals surface area contributed by atoms with Gasteiger partial charge < -0.3 is 20.1 Å². The topological polar surface area (TPSA) is 104 Å². The van der Waals surface area contributed by atoms with Gasteiger partial charge in [0.05, 0.1) is 27.2 Å². The zero-order valence-corrected chi connectivity index (χ0v) is 27.1. The van der Waals surface area contributed by atoms with E-state index in [9.17, 15) is 9.65 Å². The summed E-state index contributed by atoms with van der Waals surface area (Å²) in [4.78, 5) is 16.8. The van der Waals surface area contributed by atoms with Crippen molar-refractivity contribution in [1.82, 2.24) is 19.8 Å². The van der Waals surface area contributed by atoms with Gasteiger partial charge in [-0.05, 0) is 76.8 Å². The highest BCUT2D eigenvalue weighted by Gasteiger charge is 2.37. The van der Waals surface area contributed by atoms with Crippen molar-refractivity contribution >= 4 is 54.7 Å². The molecule has 6 heterocycles. The largest absolute Gasteiger partial charge is 0.489 e. The number of nitriles is 1. The monoisotopic (exact) mass is 665 g/mol. The molecule has 0 spiro atoms. The van der Waals surface area contributed by atoms with Gasteiger partial charge in [0.15, 0.2) is 11.6 Å². The third kappa shape index (κ3) is 4.74. The second-order valence-electron chi connectivity index (χ2n) is 12.8. The van der Waals surface area contributed by atoms with Gasteiger partial charge in [0.25, 0.3) is 0 Å². The Hall–Kier alpha value is -3.50. The molecule has 4 aliphatic rings. The van der Waals surface area contributed by atoms with Gasteiger partial charge in [-0.3, -0.25) is 9.80 Å². The number of thiophene rings is 1. The zero-order valence-electron chi connectivity index (χ0n) is 25.5. The van der Waals surface area contributed by atoms with E-state index in [0.29, 0.717) is 36.9 Å². The summed E-state index contributed by atoms with van der Waals surface area (Å²) < 4.78 is 45.3. The Bertz CT molecular complexity index is 1920. The molecule has 2 aromatic heterocycles. The molecule has 2 unspecified atom stereocenters. The smallest absolute Gasteiger partial charge is 0.319 e. The molecular formula is C33H34ClF2N7O2S. The molecule has 8 rings (SSSR count). The van der Waals surface area contributed by atoms with Crippen LogP contribution in [0.2, 0.25) is 5.02 Å². The minimum atomic E-state index is -0.714. The number of likely N-dealkylation sites (tertiary alicyclic amines) is 1. The Morgan fingerprint density at radius 1 is 1.07 bits per heavy atom. The first-order chi connectivity index (χ1) is 22.3. The highest BCUT2D eigenvalue weighted by Crippen LogP contribution is 2.51. The van der Waals surface area contributed by atoms with E-state index in [2.05, 4.69) is 27.8 Å². The fourth-order valence-corrected chi connectivity index (χ4v) is 9.24. The lowest BCUT2D eigenvalue weighted by Crippen LogP contribution is -2.44. The van der Waals surface area contributed by atoms with Gasteiger partial charge in [-0.2, -0.15) is 15.2 Å². The van der Waals surface area contributed by atoms with Crippen LogP contribution >= 0.6 is 22.9 Å². The van der Waals surface area contributed by atoms with Crippen molar-refractivity contribution in [3.8, 4) is 29.0 Å². The zero-order chi connectivity index (χ0) is 31.7. The molecule has 0 radical (unpaired) electrons. The summed E-state index contributed by atoms with van der Waals surface area (Å²) in [6.45, 7) is 4.58. The number of hydrogen-bond donors (Lipinski definition) is 1. The number of likely N-dealkylation sites (N-methyl/N-ethyl adjacent to an activating group) is 1.